The van der Waals surface area contributed by atoms with Gasteiger partial charge in [-0.25, -0.2) is 0 Å². The first-order valence-corrected chi connectivity index (χ1v) is 5.70. The maximum atomic E-state index is 9.48. The minimum absolute atomic E-state index is 0.463. The lowest BCUT2D eigenvalue weighted by Crippen LogP contribution is -2.25. The molecule has 0 atom stereocenters. The molecule has 2 aromatic carbocycles. The monoisotopic (exact) mass is 226 g/mol. The van der Waals surface area contributed by atoms with Crippen LogP contribution >= 0.6 is 0 Å². The second-order valence-corrected chi connectivity index (χ2v) is 4.02. The van der Waals surface area contributed by atoms with Crippen molar-refractivity contribution < 1.29 is 9.76 Å². The van der Waals surface area contributed by atoms with E-state index in [9.17, 15) is 5.02 Å². The van der Waals surface area contributed by atoms with Gasteiger partial charge in [-0.1, -0.05) is 49.3 Å². The van der Waals surface area contributed by atoms with E-state index in [0.717, 1.165) is 16.8 Å². The van der Waals surface area contributed by atoms with E-state index in [1.807, 2.05) is 54.6 Å². The van der Waals surface area contributed by atoms with Gasteiger partial charge in [-0.3, -0.25) is 0 Å². The van der Waals surface area contributed by atoms with E-state index in [0.29, 0.717) is 6.61 Å². The Morgan fingerprint density at radius 3 is 2.53 bits per heavy atom. The molecule has 0 radical (unpaired) electrons. The SMILES string of the molecule is CB(O)c1cccc(OCc2ccccc2)c1. The van der Waals surface area contributed by atoms with Crippen molar-refractivity contribution >= 4 is 12.4 Å². The summed E-state index contributed by atoms with van der Waals surface area (Å²) in [5.41, 5.74) is 2.01. The summed E-state index contributed by atoms with van der Waals surface area (Å²) in [5, 5.41) is 9.48. The molecule has 0 aliphatic heterocycles. The van der Waals surface area contributed by atoms with Crippen LogP contribution in [0.4, 0.5) is 0 Å². The summed E-state index contributed by atoms with van der Waals surface area (Å²) in [7, 11) is 0. The van der Waals surface area contributed by atoms with Crippen molar-refractivity contribution in [1.82, 2.24) is 0 Å². The van der Waals surface area contributed by atoms with Gasteiger partial charge in [-0.05, 0) is 23.2 Å². The molecular formula is C14H15BO2. The van der Waals surface area contributed by atoms with Gasteiger partial charge in [0.1, 0.15) is 12.4 Å². The Kier molecular flexibility index (Phi) is 3.83. The molecule has 0 saturated carbocycles. The number of hydrogen-bond acceptors (Lipinski definition) is 2. The molecule has 0 saturated heterocycles. The molecule has 17 heavy (non-hydrogen) atoms. The van der Waals surface area contributed by atoms with Crippen molar-refractivity contribution in [3.05, 3.63) is 60.2 Å². The molecule has 0 amide bonds. The van der Waals surface area contributed by atoms with Gasteiger partial charge in [0, 0.05) is 0 Å². The minimum atomic E-state index is -0.463. The average Bonchev–Trinajstić information content (AvgIpc) is 2.38. The normalized spacial score (nSPS) is 10.0. The van der Waals surface area contributed by atoms with Crippen LogP contribution in [0.25, 0.3) is 0 Å². The van der Waals surface area contributed by atoms with Gasteiger partial charge in [0.15, 0.2) is 0 Å². The van der Waals surface area contributed by atoms with Crippen LogP contribution in [-0.4, -0.2) is 11.9 Å². The smallest absolute Gasteiger partial charge is 0.320 e. The van der Waals surface area contributed by atoms with Gasteiger partial charge in [0.25, 0.3) is 0 Å². The highest BCUT2D eigenvalue weighted by Crippen LogP contribution is 2.10. The fraction of sp³-hybridized carbons (Fsp3) is 0.143. The van der Waals surface area contributed by atoms with Crippen LogP contribution in [0.5, 0.6) is 5.75 Å². The summed E-state index contributed by atoms with van der Waals surface area (Å²) >= 11 is 0. The summed E-state index contributed by atoms with van der Waals surface area (Å²) in [6, 6.07) is 17.6. The van der Waals surface area contributed by atoms with Crippen LogP contribution in [0.15, 0.2) is 54.6 Å². The van der Waals surface area contributed by atoms with Gasteiger partial charge in [0.2, 0.25) is 0 Å². The van der Waals surface area contributed by atoms with E-state index < -0.39 is 6.92 Å². The second-order valence-electron chi connectivity index (χ2n) is 4.02. The van der Waals surface area contributed by atoms with E-state index in [4.69, 9.17) is 4.74 Å². The molecule has 0 bridgehead atoms. The average molecular weight is 226 g/mol. The van der Waals surface area contributed by atoms with Crippen molar-refractivity contribution in [2.24, 2.45) is 0 Å². The molecule has 0 heterocycles. The summed E-state index contributed by atoms with van der Waals surface area (Å²) in [5.74, 6) is 0.784. The highest BCUT2D eigenvalue weighted by atomic mass is 16.5. The van der Waals surface area contributed by atoms with Crippen molar-refractivity contribution in [2.75, 3.05) is 0 Å². The quantitative estimate of drug-likeness (QED) is 0.809. The zero-order valence-corrected chi connectivity index (χ0v) is 9.84. The Labute approximate surface area is 102 Å². The zero-order valence-electron chi connectivity index (χ0n) is 9.84. The van der Waals surface area contributed by atoms with Crippen LogP contribution in [-0.2, 0) is 6.61 Å². The Morgan fingerprint density at radius 1 is 1.06 bits per heavy atom. The molecule has 0 unspecified atom stereocenters. The fourth-order valence-electron chi connectivity index (χ4n) is 1.61. The maximum Gasteiger partial charge on any atom is 0.320 e. The van der Waals surface area contributed by atoms with E-state index >= 15 is 0 Å². The molecule has 3 heteroatoms. The molecule has 2 nitrogen and oxygen atoms in total. The van der Waals surface area contributed by atoms with Crippen molar-refractivity contribution in [1.29, 1.82) is 0 Å². The molecule has 2 rings (SSSR count). The van der Waals surface area contributed by atoms with Crippen LogP contribution in [0.1, 0.15) is 5.56 Å². The Bertz CT molecular complexity index is 469. The van der Waals surface area contributed by atoms with E-state index in [1.54, 1.807) is 6.82 Å². The summed E-state index contributed by atoms with van der Waals surface area (Å²) in [6.07, 6.45) is 0. The molecule has 0 fully saturated rings. The lowest BCUT2D eigenvalue weighted by atomic mass is 9.64. The van der Waals surface area contributed by atoms with Crippen molar-refractivity contribution in [3.8, 4) is 5.75 Å². The van der Waals surface area contributed by atoms with Crippen LogP contribution in [0.3, 0.4) is 0 Å². The highest BCUT2D eigenvalue weighted by Gasteiger charge is 2.06. The lowest BCUT2D eigenvalue weighted by molar-refractivity contribution is 0.306. The predicted octanol–water partition coefficient (Wildman–Crippen LogP) is 2.09. The molecule has 86 valence electrons. The Hall–Kier alpha value is -1.74. The third kappa shape index (κ3) is 3.36. The Balaban J connectivity index is 2.02. The molecule has 0 aliphatic carbocycles. The van der Waals surface area contributed by atoms with Gasteiger partial charge in [0.05, 0.1) is 0 Å². The third-order valence-electron chi connectivity index (χ3n) is 2.59. The molecule has 1 N–H and O–H groups in total. The molecule has 0 aliphatic rings. The number of ether oxygens (including phenoxy) is 1. The molecule has 0 spiro atoms. The molecular weight excluding hydrogens is 211 g/mol. The first kappa shape index (κ1) is 11.7. The maximum absolute atomic E-state index is 9.48. The zero-order chi connectivity index (χ0) is 12.1. The van der Waals surface area contributed by atoms with Gasteiger partial charge in [-0.15, -0.1) is 0 Å². The van der Waals surface area contributed by atoms with Gasteiger partial charge in [-0.2, -0.15) is 0 Å². The highest BCUT2D eigenvalue weighted by molar-refractivity contribution is 6.64. The first-order valence-electron chi connectivity index (χ1n) is 5.70. The van der Waals surface area contributed by atoms with E-state index in [2.05, 4.69) is 0 Å². The van der Waals surface area contributed by atoms with Crippen molar-refractivity contribution in [2.45, 2.75) is 13.4 Å². The topological polar surface area (TPSA) is 29.5 Å². The molecule has 2 aromatic rings. The van der Waals surface area contributed by atoms with Crippen molar-refractivity contribution in [3.63, 3.8) is 0 Å². The van der Waals surface area contributed by atoms with Crippen LogP contribution in [0, 0.1) is 0 Å². The minimum Gasteiger partial charge on any atom is -0.489 e. The number of rotatable bonds is 4. The largest absolute Gasteiger partial charge is 0.489 e. The van der Waals surface area contributed by atoms with Crippen LogP contribution in [0.2, 0.25) is 6.82 Å². The van der Waals surface area contributed by atoms with E-state index in [-0.39, 0.29) is 0 Å². The number of benzene rings is 2. The Morgan fingerprint density at radius 2 is 1.82 bits per heavy atom. The van der Waals surface area contributed by atoms with Gasteiger partial charge < -0.3 is 9.76 Å². The fourth-order valence-corrected chi connectivity index (χ4v) is 1.61. The molecule has 0 aromatic heterocycles. The van der Waals surface area contributed by atoms with E-state index in [1.165, 1.54) is 0 Å². The van der Waals surface area contributed by atoms with Gasteiger partial charge >= 0.3 is 6.92 Å². The summed E-state index contributed by atoms with van der Waals surface area (Å²) < 4.78 is 5.67. The standard InChI is InChI=1S/C14H15BO2/c1-15(16)13-8-5-9-14(10-13)17-11-12-6-3-2-4-7-12/h2-10,16H,11H2,1H3. The first-order chi connectivity index (χ1) is 8.25. The van der Waals surface area contributed by atoms with Crippen LogP contribution < -0.4 is 10.2 Å². The lowest BCUT2D eigenvalue weighted by Gasteiger charge is -2.08. The second kappa shape index (κ2) is 5.55. The summed E-state index contributed by atoms with van der Waals surface area (Å²) in [4.78, 5) is 0. The summed E-state index contributed by atoms with van der Waals surface area (Å²) in [6.45, 7) is 1.83. The number of hydrogen-bond donors (Lipinski definition) is 1. The predicted molar refractivity (Wildman–Crippen MR) is 70.7 cm³/mol. The third-order valence-corrected chi connectivity index (χ3v) is 2.59.